The molecule has 0 atom stereocenters. The molecule has 1 heterocycles. The summed E-state index contributed by atoms with van der Waals surface area (Å²) < 4.78 is 1.18. The smallest absolute Gasteiger partial charge is 0.0421 e. The number of aryl methyl sites for hydroxylation is 1. The van der Waals surface area contributed by atoms with Crippen LogP contribution < -0.4 is 0 Å². The molecule has 0 spiro atoms. The Bertz CT molecular complexity index is 355. The highest BCUT2D eigenvalue weighted by Crippen LogP contribution is 2.20. The van der Waals surface area contributed by atoms with Crippen LogP contribution in [-0.4, -0.2) is 12.3 Å². The SMILES string of the molecule is Cc1cc(C2=NCCC2)ccc1Br. The minimum absolute atomic E-state index is 1.00. The van der Waals surface area contributed by atoms with E-state index in [-0.39, 0.29) is 0 Å². The van der Waals surface area contributed by atoms with Gasteiger partial charge in [0.15, 0.2) is 0 Å². The van der Waals surface area contributed by atoms with Gasteiger partial charge in [-0.25, -0.2) is 0 Å². The zero-order valence-electron chi connectivity index (χ0n) is 7.68. The summed E-state index contributed by atoms with van der Waals surface area (Å²) in [5, 5.41) is 0. The molecule has 1 aromatic carbocycles. The molecule has 0 aromatic heterocycles. The minimum Gasteiger partial charge on any atom is -0.289 e. The molecular weight excluding hydrogens is 226 g/mol. The van der Waals surface area contributed by atoms with E-state index in [4.69, 9.17) is 0 Å². The molecule has 0 aliphatic carbocycles. The Morgan fingerprint density at radius 1 is 1.38 bits per heavy atom. The van der Waals surface area contributed by atoms with E-state index in [9.17, 15) is 0 Å². The zero-order chi connectivity index (χ0) is 9.26. The molecule has 1 nitrogen and oxygen atoms in total. The molecule has 0 N–H and O–H groups in total. The van der Waals surface area contributed by atoms with Crippen molar-refractivity contribution in [3.05, 3.63) is 33.8 Å². The number of benzene rings is 1. The van der Waals surface area contributed by atoms with E-state index in [1.807, 2.05) is 0 Å². The van der Waals surface area contributed by atoms with Crippen LogP contribution in [0.1, 0.15) is 24.0 Å². The first kappa shape index (κ1) is 8.95. The summed E-state index contributed by atoms with van der Waals surface area (Å²) in [7, 11) is 0. The number of rotatable bonds is 1. The normalized spacial score (nSPS) is 16.0. The number of hydrogen-bond acceptors (Lipinski definition) is 1. The summed E-state index contributed by atoms with van der Waals surface area (Å²) in [6.07, 6.45) is 2.35. The van der Waals surface area contributed by atoms with Crippen molar-refractivity contribution < 1.29 is 0 Å². The topological polar surface area (TPSA) is 12.4 Å². The molecule has 68 valence electrons. The van der Waals surface area contributed by atoms with Crippen molar-refractivity contribution in [2.24, 2.45) is 4.99 Å². The second-order valence-corrected chi connectivity index (χ2v) is 4.25. The quantitative estimate of drug-likeness (QED) is 0.711. The third kappa shape index (κ3) is 1.83. The van der Waals surface area contributed by atoms with Gasteiger partial charge in [0.1, 0.15) is 0 Å². The number of halogens is 1. The van der Waals surface area contributed by atoms with Crippen LogP contribution in [0, 0.1) is 6.92 Å². The van der Waals surface area contributed by atoms with Crippen LogP contribution in [0.25, 0.3) is 0 Å². The summed E-state index contributed by atoms with van der Waals surface area (Å²) in [5.41, 5.74) is 3.85. The highest BCUT2D eigenvalue weighted by molar-refractivity contribution is 9.10. The van der Waals surface area contributed by atoms with Crippen LogP contribution in [0.15, 0.2) is 27.7 Å². The molecule has 0 bridgehead atoms. The van der Waals surface area contributed by atoms with Crippen molar-refractivity contribution in [3.8, 4) is 0 Å². The van der Waals surface area contributed by atoms with E-state index < -0.39 is 0 Å². The standard InChI is InChI=1S/C11H12BrN/c1-8-7-9(4-5-10(8)12)11-3-2-6-13-11/h4-5,7H,2-3,6H2,1H3. The second kappa shape index (κ2) is 3.62. The summed E-state index contributed by atoms with van der Waals surface area (Å²) in [6, 6.07) is 6.45. The van der Waals surface area contributed by atoms with Gasteiger partial charge in [-0.1, -0.05) is 22.0 Å². The fourth-order valence-corrected chi connectivity index (χ4v) is 1.85. The Labute approximate surface area is 87.0 Å². The van der Waals surface area contributed by atoms with E-state index in [1.165, 1.54) is 27.7 Å². The van der Waals surface area contributed by atoms with Crippen molar-refractivity contribution in [3.63, 3.8) is 0 Å². The Hall–Kier alpha value is -0.630. The van der Waals surface area contributed by atoms with E-state index in [2.05, 4.69) is 46.0 Å². The molecule has 0 saturated carbocycles. The maximum atomic E-state index is 4.48. The van der Waals surface area contributed by atoms with Gasteiger partial charge in [0.05, 0.1) is 0 Å². The number of aliphatic imine (C=N–C) groups is 1. The monoisotopic (exact) mass is 237 g/mol. The first-order valence-corrected chi connectivity index (χ1v) is 5.36. The lowest BCUT2D eigenvalue weighted by atomic mass is 10.1. The largest absolute Gasteiger partial charge is 0.289 e. The van der Waals surface area contributed by atoms with Gasteiger partial charge in [0.2, 0.25) is 0 Å². The fraction of sp³-hybridized carbons (Fsp3) is 0.364. The average molecular weight is 238 g/mol. The fourth-order valence-electron chi connectivity index (χ4n) is 1.60. The molecule has 0 radical (unpaired) electrons. The molecule has 2 rings (SSSR count). The van der Waals surface area contributed by atoms with Crippen LogP contribution in [0.4, 0.5) is 0 Å². The lowest BCUT2D eigenvalue weighted by molar-refractivity contribution is 0.951. The van der Waals surface area contributed by atoms with Crippen LogP contribution in [-0.2, 0) is 0 Å². The maximum absolute atomic E-state index is 4.48. The van der Waals surface area contributed by atoms with Crippen molar-refractivity contribution in [1.29, 1.82) is 0 Å². The Morgan fingerprint density at radius 2 is 2.23 bits per heavy atom. The van der Waals surface area contributed by atoms with Crippen molar-refractivity contribution >= 4 is 21.6 Å². The van der Waals surface area contributed by atoms with Gasteiger partial charge in [-0.15, -0.1) is 0 Å². The molecule has 13 heavy (non-hydrogen) atoms. The first-order chi connectivity index (χ1) is 6.27. The van der Waals surface area contributed by atoms with Gasteiger partial charge in [-0.3, -0.25) is 4.99 Å². The Morgan fingerprint density at radius 3 is 2.85 bits per heavy atom. The molecule has 0 unspecified atom stereocenters. The van der Waals surface area contributed by atoms with Crippen LogP contribution in [0.5, 0.6) is 0 Å². The summed E-state index contributed by atoms with van der Waals surface area (Å²) in [5.74, 6) is 0. The first-order valence-electron chi connectivity index (χ1n) is 4.57. The van der Waals surface area contributed by atoms with Crippen LogP contribution in [0.3, 0.4) is 0 Å². The molecule has 0 saturated heterocycles. The second-order valence-electron chi connectivity index (χ2n) is 3.40. The third-order valence-corrected chi connectivity index (χ3v) is 3.26. The zero-order valence-corrected chi connectivity index (χ0v) is 9.26. The number of nitrogens with zero attached hydrogens (tertiary/aromatic N) is 1. The summed E-state index contributed by atoms with van der Waals surface area (Å²) in [4.78, 5) is 4.48. The highest BCUT2D eigenvalue weighted by atomic mass is 79.9. The van der Waals surface area contributed by atoms with Crippen LogP contribution in [0.2, 0.25) is 0 Å². The number of hydrogen-bond donors (Lipinski definition) is 0. The predicted octanol–water partition coefficient (Wildman–Crippen LogP) is 3.34. The van der Waals surface area contributed by atoms with Crippen LogP contribution >= 0.6 is 15.9 Å². The van der Waals surface area contributed by atoms with E-state index in [1.54, 1.807) is 0 Å². The van der Waals surface area contributed by atoms with E-state index in [0.717, 1.165) is 13.0 Å². The van der Waals surface area contributed by atoms with Gasteiger partial charge in [0, 0.05) is 16.7 Å². The van der Waals surface area contributed by atoms with Gasteiger partial charge < -0.3 is 0 Å². The highest BCUT2D eigenvalue weighted by Gasteiger charge is 2.09. The van der Waals surface area contributed by atoms with Gasteiger partial charge >= 0.3 is 0 Å². The maximum Gasteiger partial charge on any atom is 0.0421 e. The molecule has 0 fully saturated rings. The molecule has 2 heteroatoms. The van der Waals surface area contributed by atoms with Gasteiger partial charge in [-0.2, -0.15) is 0 Å². The average Bonchev–Trinajstić information content (AvgIpc) is 2.62. The summed E-state index contributed by atoms with van der Waals surface area (Å²) in [6.45, 7) is 3.12. The molecule has 0 amide bonds. The van der Waals surface area contributed by atoms with Gasteiger partial charge in [-0.05, 0) is 43.0 Å². The van der Waals surface area contributed by atoms with E-state index >= 15 is 0 Å². The lowest BCUT2D eigenvalue weighted by Crippen LogP contribution is -1.96. The molecule has 1 aromatic rings. The van der Waals surface area contributed by atoms with E-state index in [0.29, 0.717) is 0 Å². The Balaban J connectivity index is 2.36. The molecular formula is C11H12BrN. The van der Waals surface area contributed by atoms with Crippen molar-refractivity contribution in [2.75, 3.05) is 6.54 Å². The molecule has 1 aliphatic heterocycles. The molecule has 1 aliphatic rings. The summed E-state index contributed by atoms with van der Waals surface area (Å²) >= 11 is 3.50. The van der Waals surface area contributed by atoms with Gasteiger partial charge in [0.25, 0.3) is 0 Å². The van der Waals surface area contributed by atoms with Crippen molar-refractivity contribution in [2.45, 2.75) is 19.8 Å². The Kier molecular flexibility index (Phi) is 2.49. The third-order valence-electron chi connectivity index (χ3n) is 2.37. The lowest BCUT2D eigenvalue weighted by Gasteiger charge is -2.03. The predicted molar refractivity (Wildman–Crippen MR) is 59.5 cm³/mol. The minimum atomic E-state index is 1.00. The van der Waals surface area contributed by atoms with Crippen molar-refractivity contribution in [1.82, 2.24) is 0 Å².